The summed E-state index contributed by atoms with van der Waals surface area (Å²) in [5.74, 6) is 1.92. The highest BCUT2D eigenvalue weighted by Crippen LogP contribution is 2.36. The third kappa shape index (κ3) is 3.62. The van der Waals surface area contributed by atoms with E-state index in [1.165, 1.54) is 0 Å². The van der Waals surface area contributed by atoms with Crippen molar-refractivity contribution in [1.82, 2.24) is 15.0 Å². The minimum Gasteiger partial charge on any atom is -0.497 e. The fourth-order valence-corrected chi connectivity index (χ4v) is 3.44. The van der Waals surface area contributed by atoms with E-state index in [4.69, 9.17) is 9.26 Å². The van der Waals surface area contributed by atoms with Crippen LogP contribution in [0.25, 0.3) is 0 Å². The van der Waals surface area contributed by atoms with Crippen LogP contribution in [0.15, 0.2) is 28.8 Å². The van der Waals surface area contributed by atoms with Gasteiger partial charge >= 0.3 is 0 Å². The highest BCUT2D eigenvalue weighted by molar-refractivity contribution is 5.32. The minimum absolute atomic E-state index is 0.00407. The van der Waals surface area contributed by atoms with E-state index >= 15 is 0 Å². The Morgan fingerprint density at radius 1 is 1.36 bits per heavy atom. The number of aromatic nitrogens is 2. The second-order valence-electron chi connectivity index (χ2n) is 6.89. The van der Waals surface area contributed by atoms with Gasteiger partial charge in [0.15, 0.2) is 0 Å². The number of rotatable bonds is 6. The van der Waals surface area contributed by atoms with Gasteiger partial charge in [0.2, 0.25) is 5.89 Å². The number of ether oxygens (including phenoxy) is 1. The van der Waals surface area contributed by atoms with Gasteiger partial charge in [0, 0.05) is 20.1 Å². The molecule has 7 nitrogen and oxygen atoms in total. The van der Waals surface area contributed by atoms with E-state index in [1.54, 1.807) is 7.11 Å². The molecule has 0 unspecified atom stereocenters. The van der Waals surface area contributed by atoms with Crippen LogP contribution in [0.2, 0.25) is 0 Å². The zero-order valence-electron chi connectivity index (χ0n) is 15.3. The Morgan fingerprint density at radius 2 is 2.08 bits per heavy atom. The monoisotopic (exact) mass is 346 g/mol. The van der Waals surface area contributed by atoms with Crippen molar-refractivity contribution in [2.24, 2.45) is 0 Å². The molecule has 1 saturated heterocycles. The van der Waals surface area contributed by atoms with Crippen LogP contribution >= 0.6 is 0 Å². The van der Waals surface area contributed by atoms with E-state index in [-0.39, 0.29) is 6.04 Å². The van der Waals surface area contributed by atoms with Gasteiger partial charge in [-0.15, -0.1) is 0 Å². The summed E-state index contributed by atoms with van der Waals surface area (Å²) in [6.07, 6.45) is 1.96. The molecule has 1 N–H and O–H groups in total. The zero-order valence-corrected chi connectivity index (χ0v) is 15.3. The molecule has 0 saturated carbocycles. The van der Waals surface area contributed by atoms with Gasteiger partial charge in [0.25, 0.3) is 5.95 Å². The molecular weight excluding hydrogens is 320 g/mol. The Balaban J connectivity index is 1.76. The Bertz CT molecular complexity index is 697. The van der Waals surface area contributed by atoms with Crippen LogP contribution in [0, 0.1) is 0 Å². The van der Waals surface area contributed by atoms with E-state index in [1.807, 2.05) is 50.2 Å². The largest absolute Gasteiger partial charge is 0.497 e. The maximum absolute atomic E-state index is 11.2. The van der Waals surface area contributed by atoms with Crippen LogP contribution in [0.4, 0.5) is 5.95 Å². The molecule has 1 aromatic carbocycles. The normalized spacial score (nSPS) is 20.4. The maximum Gasteiger partial charge on any atom is 0.265 e. The second-order valence-corrected chi connectivity index (χ2v) is 6.89. The van der Waals surface area contributed by atoms with Crippen LogP contribution in [0.1, 0.15) is 31.2 Å². The molecule has 25 heavy (non-hydrogen) atoms. The summed E-state index contributed by atoms with van der Waals surface area (Å²) in [7, 11) is 5.39. The van der Waals surface area contributed by atoms with E-state index in [0.717, 1.165) is 30.7 Å². The average Bonchev–Trinajstić information content (AvgIpc) is 3.25. The second kappa shape index (κ2) is 7.01. The minimum atomic E-state index is -0.965. The van der Waals surface area contributed by atoms with E-state index in [9.17, 15) is 5.11 Å². The summed E-state index contributed by atoms with van der Waals surface area (Å²) >= 11 is 0. The lowest BCUT2D eigenvalue weighted by Crippen LogP contribution is -2.45. The van der Waals surface area contributed by atoms with E-state index in [2.05, 4.69) is 15.0 Å². The molecule has 1 fully saturated rings. The van der Waals surface area contributed by atoms with Gasteiger partial charge in [-0.1, -0.05) is 12.1 Å². The SMILES string of the molecule is COc1ccc([C@@](C)(O)[C@@H]2CCCN2Cc2nc(N(C)C)no2)cc1. The van der Waals surface area contributed by atoms with Crippen LogP contribution in [-0.4, -0.2) is 53.9 Å². The molecule has 0 amide bonds. The lowest BCUT2D eigenvalue weighted by Gasteiger charge is -2.36. The Morgan fingerprint density at radius 3 is 2.68 bits per heavy atom. The number of hydrogen-bond donors (Lipinski definition) is 1. The lowest BCUT2D eigenvalue weighted by molar-refractivity contribution is -0.0278. The standard InChI is InChI=1S/C18H26N4O3/c1-18(23,13-7-9-14(24-4)10-8-13)15-6-5-11-22(15)12-16-19-17(20-25-16)21(2)3/h7-10,15,23H,5-6,11-12H2,1-4H3/t15-,18+/m0/s1. The molecule has 0 radical (unpaired) electrons. The fourth-order valence-electron chi connectivity index (χ4n) is 3.44. The number of methoxy groups -OCH3 is 1. The van der Waals surface area contributed by atoms with Crippen LogP contribution in [0.5, 0.6) is 5.75 Å². The first-order valence-corrected chi connectivity index (χ1v) is 8.52. The molecule has 0 spiro atoms. The molecule has 2 heterocycles. The summed E-state index contributed by atoms with van der Waals surface area (Å²) in [6, 6.07) is 7.60. The summed E-state index contributed by atoms with van der Waals surface area (Å²) in [5.41, 5.74) is -0.0857. The van der Waals surface area contributed by atoms with Crippen molar-refractivity contribution in [1.29, 1.82) is 0 Å². The summed E-state index contributed by atoms with van der Waals surface area (Å²) in [5, 5.41) is 15.2. The quantitative estimate of drug-likeness (QED) is 0.857. The fraction of sp³-hybridized carbons (Fsp3) is 0.556. The molecule has 0 bridgehead atoms. The predicted molar refractivity (Wildman–Crippen MR) is 94.6 cm³/mol. The first-order chi connectivity index (χ1) is 11.9. The molecule has 136 valence electrons. The molecule has 2 aromatic rings. The van der Waals surface area contributed by atoms with Crippen molar-refractivity contribution in [3.8, 4) is 5.75 Å². The number of hydrogen-bond acceptors (Lipinski definition) is 7. The predicted octanol–water partition coefficient (Wildman–Crippen LogP) is 2.02. The first-order valence-electron chi connectivity index (χ1n) is 8.52. The summed E-state index contributed by atoms with van der Waals surface area (Å²) in [4.78, 5) is 8.42. The van der Waals surface area contributed by atoms with Crippen molar-refractivity contribution in [3.63, 3.8) is 0 Å². The molecule has 1 aliphatic heterocycles. The van der Waals surface area contributed by atoms with Gasteiger partial charge in [-0.3, -0.25) is 4.90 Å². The molecule has 0 aliphatic carbocycles. The van der Waals surface area contributed by atoms with Gasteiger partial charge < -0.3 is 19.3 Å². The van der Waals surface area contributed by atoms with Crippen LogP contribution in [0.3, 0.4) is 0 Å². The number of benzene rings is 1. The Hall–Kier alpha value is -2.12. The molecule has 1 aromatic heterocycles. The first kappa shape index (κ1) is 17.7. The van der Waals surface area contributed by atoms with Gasteiger partial charge in [-0.2, -0.15) is 4.98 Å². The van der Waals surface area contributed by atoms with E-state index in [0.29, 0.717) is 18.4 Å². The number of likely N-dealkylation sites (tertiary alicyclic amines) is 1. The van der Waals surface area contributed by atoms with Gasteiger partial charge in [0.05, 0.1) is 13.7 Å². The molecular formula is C18H26N4O3. The highest BCUT2D eigenvalue weighted by atomic mass is 16.5. The lowest BCUT2D eigenvalue weighted by atomic mass is 9.86. The molecule has 2 atom stereocenters. The van der Waals surface area contributed by atoms with Gasteiger partial charge in [-0.05, 0) is 49.2 Å². The maximum atomic E-state index is 11.2. The van der Waals surface area contributed by atoms with Gasteiger partial charge in [0.1, 0.15) is 11.4 Å². The Labute approximate surface area is 148 Å². The highest BCUT2D eigenvalue weighted by Gasteiger charge is 2.41. The number of aliphatic hydroxyl groups is 1. The topological polar surface area (TPSA) is 74.9 Å². The van der Waals surface area contributed by atoms with Crippen molar-refractivity contribution >= 4 is 5.95 Å². The smallest absolute Gasteiger partial charge is 0.265 e. The average molecular weight is 346 g/mol. The number of anilines is 1. The number of nitrogens with zero attached hydrogens (tertiary/aromatic N) is 4. The third-order valence-corrected chi connectivity index (χ3v) is 4.88. The van der Waals surface area contributed by atoms with Crippen molar-refractivity contribution in [3.05, 3.63) is 35.7 Å². The van der Waals surface area contributed by atoms with Crippen molar-refractivity contribution in [2.75, 3.05) is 32.6 Å². The van der Waals surface area contributed by atoms with Crippen molar-refractivity contribution in [2.45, 2.75) is 38.0 Å². The summed E-state index contributed by atoms with van der Waals surface area (Å²) < 4.78 is 10.5. The van der Waals surface area contributed by atoms with Crippen LogP contribution in [-0.2, 0) is 12.1 Å². The summed E-state index contributed by atoms with van der Waals surface area (Å²) in [6.45, 7) is 3.31. The zero-order chi connectivity index (χ0) is 18.0. The Kier molecular flexibility index (Phi) is 4.96. The molecule has 7 heteroatoms. The van der Waals surface area contributed by atoms with Gasteiger partial charge in [-0.25, -0.2) is 0 Å². The van der Waals surface area contributed by atoms with Crippen molar-refractivity contribution < 1.29 is 14.4 Å². The van der Waals surface area contributed by atoms with Crippen LogP contribution < -0.4 is 9.64 Å². The third-order valence-electron chi connectivity index (χ3n) is 4.88. The molecule has 1 aliphatic rings. The molecule has 3 rings (SSSR count). The van der Waals surface area contributed by atoms with E-state index < -0.39 is 5.60 Å².